The molecule has 2 rings (SSSR count). The summed E-state index contributed by atoms with van der Waals surface area (Å²) in [7, 11) is 1.66. The zero-order chi connectivity index (χ0) is 14.8. The molecule has 0 spiro atoms. The van der Waals surface area contributed by atoms with Crippen LogP contribution in [0.3, 0.4) is 0 Å². The first-order valence-electron chi connectivity index (χ1n) is 6.54. The van der Waals surface area contributed by atoms with E-state index in [4.69, 9.17) is 11.6 Å². The molecule has 0 saturated carbocycles. The Bertz CT molecular complexity index is 621. The lowest BCUT2D eigenvalue weighted by atomic mass is 9.92. The van der Waals surface area contributed by atoms with Crippen LogP contribution in [0.15, 0.2) is 24.3 Å². The van der Waals surface area contributed by atoms with Crippen molar-refractivity contribution in [1.82, 2.24) is 10.6 Å². The van der Waals surface area contributed by atoms with Gasteiger partial charge in [-0.15, -0.1) is 11.3 Å². The van der Waals surface area contributed by atoms with Crippen LogP contribution >= 0.6 is 22.9 Å². The van der Waals surface area contributed by atoms with Crippen molar-refractivity contribution >= 4 is 38.9 Å². The lowest BCUT2D eigenvalue weighted by Gasteiger charge is -2.22. The van der Waals surface area contributed by atoms with E-state index in [2.05, 4.69) is 16.7 Å². The van der Waals surface area contributed by atoms with Crippen molar-refractivity contribution in [2.45, 2.75) is 20.4 Å². The Hall–Kier alpha value is -1.10. The van der Waals surface area contributed by atoms with Gasteiger partial charge in [-0.25, -0.2) is 0 Å². The number of hydrogen-bond acceptors (Lipinski definition) is 3. The highest BCUT2D eigenvalue weighted by Gasteiger charge is 2.26. The summed E-state index contributed by atoms with van der Waals surface area (Å²) in [4.78, 5) is 12.8. The summed E-state index contributed by atoms with van der Waals surface area (Å²) < 4.78 is 1.19. The minimum absolute atomic E-state index is 0.0347. The van der Waals surface area contributed by atoms with Crippen molar-refractivity contribution in [3.8, 4) is 0 Å². The number of fused-ring (bicyclic) bond motifs is 1. The topological polar surface area (TPSA) is 41.1 Å². The van der Waals surface area contributed by atoms with Crippen LogP contribution in [-0.4, -0.2) is 19.5 Å². The maximum absolute atomic E-state index is 11.7. The van der Waals surface area contributed by atoms with Gasteiger partial charge in [0, 0.05) is 35.1 Å². The summed E-state index contributed by atoms with van der Waals surface area (Å²) in [5.74, 6) is 0.0347. The summed E-state index contributed by atoms with van der Waals surface area (Å²) in [6.45, 7) is 5.13. The number of nitrogens with one attached hydrogen (secondary N) is 2. The van der Waals surface area contributed by atoms with Gasteiger partial charge in [0.05, 0.1) is 10.4 Å². The molecule has 1 amide bonds. The highest BCUT2D eigenvalue weighted by molar-refractivity contribution is 7.19. The van der Waals surface area contributed by atoms with Crippen molar-refractivity contribution in [2.75, 3.05) is 13.6 Å². The smallest absolute Gasteiger partial charge is 0.226 e. The molecule has 2 N–H and O–H groups in total. The van der Waals surface area contributed by atoms with E-state index in [1.54, 1.807) is 18.4 Å². The van der Waals surface area contributed by atoms with Gasteiger partial charge in [0.25, 0.3) is 0 Å². The third kappa shape index (κ3) is 3.14. The van der Waals surface area contributed by atoms with E-state index in [0.717, 1.165) is 15.3 Å². The van der Waals surface area contributed by atoms with Crippen molar-refractivity contribution < 1.29 is 4.79 Å². The number of amides is 1. The van der Waals surface area contributed by atoms with E-state index in [0.29, 0.717) is 13.1 Å². The number of halogens is 1. The van der Waals surface area contributed by atoms with Crippen LogP contribution < -0.4 is 10.6 Å². The molecule has 5 heteroatoms. The third-order valence-corrected chi connectivity index (χ3v) is 5.01. The zero-order valence-corrected chi connectivity index (χ0v) is 13.5. The fraction of sp³-hybridized carbons (Fsp3) is 0.400. The van der Waals surface area contributed by atoms with Crippen LogP contribution in [0.5, 0.6) is 0 Å². The molecule has 0 aliphatic rings. The Balaban J connectivity index is 2.03. The zero-order valence-electron chi connectivity index (χ0n) is 11.9. The van der Waals surface area contributed by atoms with Crippen LogP contribution in [0.25, 0.3) is 10.1 Å². The molecule has 20 heavy (non-hydrogen) atoms. The van der Waals surface area contributed by atoms with Crippen LogP contribution in [-0.2, 0) is 11.3 Å². The fourth-order valence-electron chi connectivity index (χ4n) is 2.09. The number of rotatable bonds is 5. The van der Waals surface area contributed by atoms with Gasteiger partial charge in [-0.05, 0) is 19.9 Å². The van der Waals surface area contributed by atoms with E-state index >= 15 is 0 Å². The monoisotopic (exact) mass is 310 g/mol. The molecule has 1 heterocycles. The largest absolute Gasteiger partial charge is 0.359 e. The summed E-state index contributed by atoms with van der Waals surface area (Å²) in [6.07, 6.45) is 0. The molecule has 2 aromatic rings. The second-order valence-electron chi connectivity index (χ2n) is 5.40. The molecule has 0 aliphatic heterocycles. The van der Waals surface area contributed by atoms with Crippen LogP contribution in [0.4, 0.5) is 0 Å². The highest BCUT2D eigenvalue weighted by atomic mass is 35.5. The molecule has 0 fully saturated rings. The predicted octanol–water partition coefficient (Wildman–Crippen LogP) is 3.42. The number of thiophene rings is 1. The second kappa shape index (κ2) is 6.12. The Morgan fingerprint density at radius 3 is 2.70 bits per heavy atom. The molecule has 108 valence electrons. The lowest BCUT2D eigenvalue weighted by Crippen LogP contribution is -2.41. The molecule has 0 bridgehead atoms. The lowest BCUT2D eigenvalue weighted by molar-refractivity contribution is -0.128. The Kier molecular flexibility index (Phi) is 4.68. The van der Waals surface area contributed by atoms with Crippen LogP contribution in [0.2, 0.25) is 5.02 Å². The molecule has 0 unspecified atom stereocenters. The molecular weight excluding hydrogens is 292 g/mol. The van der Waals surface area contributed by atoms with Gasteiger partial charge >= 0.3 is 0 Å². The number of hydrogen-bond donors (Lipinski definition) is 2. The van der Waals surface area contributed by atoms with Gasteiger partial charge in [-0.3, -0.25) is 4.79 Å². The molecule has 3 nitrogen and oxygen atoms in total. The van der Waals surface area contributed by atoms with E-state index in [9.17, 15) is 4.79 Å². The van der Waals surface area contributed by atoms with E-state index in [-0.39, 0.29) is 5.91 Å². The average molecular weight is 311 g/mol. The molecule has 0 saturated heterocycles. The normalized spacial score (nSPS) is 11.8. The van der Waals surface area contributed by atoms with Crippen LogP contribution in [0, 0.1) is 5.41 Å². The van der Waals surface area contributed by atoms with Crippen molar-refractivity contribution in [2.24, 2.45) is 5.41 Å². The van der Waals surface area contributed by atoms with Gasteiger partial charge in [-0.2, -0.15) is 0 Å². The van der Waals surface area contributed by atoms with Gasteiger partial charge in [-0.1, -0.05) is 29.8 Å². The van der Waals surface area contributed by atoms with Gasteiger partial charge in [0.1, 0.15) is 0 Å². The highest BCUT2D eigenvalue weighted by Crippen LogP contribution is 2.35. The maximum atomic E-state index is 11.7. The Labute approximate surface area is 128 Å². The minimum Gasteiger partial charge on any atom is -0.359 e. The van der Waals surface area contributed by atoms with Gasteiger partial charge in [0.2, 0.25) is 5.91 Å². The predicted molar refractivity (Wildman–Crippen MR) is 86.4 cm³/mol. The van der Waals surface area contributed by atoms with E-state index < -0.39 is 5.41 Å². The van der Waals surface area contributed by atoms with Crippen LogP contribution in [0.1, 0.15) is 18.7 Å². The first-order chi connectivity index (χ1) is 9.45. The first kappa shape index (κ1) is 15.3. The molecular formula is C15H19ClN2OS. The molecule has 0 aliphatic carbocycles. The number of carbonyl (C=O) groups excluding carboxylic acids is 1. The minimum atomic E-state index is -0.433. The molecule has 1 aromatic carbocycles. The Morgan fingerprint density at radius 1 is 1.35 bits per heavy atom. The summed E-state index contributed by atoms with van der Waals surface area (Å²) in [6, 6.07) is 8.11. The number of benzene rings is 1. The molecule has 0 radical (unpaired) electrons. The van der Waals surface area contributed by atoms with Gasteiger partial charge < -0.3 is 10.6 Å². The van der Waals surface area contributed by atoms with E-state index in [1.807, 2.05) is 32.0 Å². The third-order valence-electron chi connectivity index (χ3n) is 3.30. The van der Waals surface area contributed by atoms with Crippen molar-refractivity contribution in [1.29, 1.82) is 0 Å². The quantitative estimate of drug-likeness (QED) is 0.888. The SMILES string of the molecule is CNC(=O)C(C)(C)CNCc1sc2ccccc2c1Cl. The molecule has 0 atom stereocenters. The molecule has 1 aromatic heterocycles. The maximum Gasteiger partial charge on any atom is 0.226 e. The van der Waals surface area contributed by atoms with Gasteiger partial charge in [0.15, 0.2) is 0 Å². The average Bonchev–Trinajstić information content (AvgIpc) is 2.75. The summed E-state index contributed by atoms with van der Waals surface area (Å²) >= 11 is 8.08. The first-order valence-corrected chi connectivity index (χ1v) is 7.74. The van der Waals surface area contributed by atoms with E-state index in [1.165, 1.54) is 4.70 Å². The fourth-order valence-corrected chi connectivity index (χ4v) is 3.55. The summed E-state index contributed by atoms with van der Waals surface area (Å²) in [5, 5.41) is 7.92. The standard InChI is InChI=1S/C15H19ClN2OS/c1-15(2,14(19)17-3)9-18-8-12-13(16)10-6-4-5-7-11(10)20-12/h4-7,18H,8-9H2,1-3H3,(H,17,19). The van der Waals surface area contributed by atoms with Crippen molar-refractivity contribution in [3.63, 3.8) is 0 Å². The Morgan fingerprint density at radius 2 is 2.05 bits per heavy atom. The number of carbonyl (C=O) groups is 1. The van der Waals surface area contributed by atoms with Crippen molar-refractivity contribution in [3.05, 3.63) is 34.2 Å². The summed E-state index contributed by atoms with van der Waals surface area (Å²) in [5.41, 5.74) is -0.433. The second-order valence-corrected chi connectivity index (χ2v) is 6.92.